The lowest BCUT2D eigenvalue weighted by Gasteiger charge is -2.17. The van der Waals surface area contributed by atoms with Gasteiger partial charge in [0.25, 0.3) is 0 Å². The largest absolute Gasteiger partial charge is 0.386 e. The van der Waals surface area contributed by atoms with Crippen LogP contribution in [0.15, 0.2) is 41.4 Å². The van der Waals surface area contributed by atoms with E-state index in [1.165, 1.54) is 0 Å². The maximum Gasteiger partial charge on any atom is 0.191 e. The monoisotopic (exact) mass is 287 g/mol. The van der Waals surface area contributed by atoms with Gasteiger partial charge >= 0.3 is 0 Å². The standard InChI is InChI=1S/C17H25N3O/c1-3-18-17(20-15-9-4-5-10-15)19-12-16(21)14-8-6-7-13(2)11-14/h4-8,11,15-16,21H,3,9-10,12H2,1-2H3,(H2,18,19,20). The van der Waals surface area contributed by atoms with E-state index >= 15 is 0 Å². The summed E-state index contributed by atoms with van der Waals surface area (Å²) in [6, 6.07) is 8.35. The molecule has 1 unspecified atom stereocenters. The number of aliphatic imine (C=N–C) groups is 1. The summed E-state index contributed by atoms with van der Waals surface area (Å²) in [4.78, 5) is 4.50. The second-order valence-corrected chi connectivity index (χ2v) is 5.43. The van der Waals surface area contributed by atoms with Gasteiger partial charge in [0.1, 0.15) is 0 Å². The number of guanidine groups is 1. The number of aliphatic hydroxyl groups is 1. The van der Waals surface area contributed by atoms with Crippen LogP contribution in [-0.4, -0.2) is 30.2 Å². The first-order valence-electron chi connectivity index (χ1n) is 7.63. The maximum atomic E-state index is 10.2. The molecule has 0 bridgehead atoms. The molecule has 0 saturated heterocycles. The third-order valence-corrected chi connectivity index (χ3v) is 3.54. The first-order chi connectivity index (χ1) is 10.2. The molecule has 0 fully saturated rings. The molecule has 0 spiro atoms. The Hall–Kier alpha value is -1.81. The molecule has 1 aromatic carbocycles. The fourth-order valence-corrected chi connectivity index (χ4v) is 2.41. The Morgan fingerprint density at radius 2 is 2.14 bits per heavy atom. The molecule has 2 rings (SSSR count). The van der Waals surface area contributed by atoms with Gasteiger partial charge in [-0.1, -0.05) is 42.0 Å². The molecule has 0 saturated carbocycles. The maximum absolute atomic E-state index is 10.2. The van der Waals surface area contributed by atoms with Gasteiger partial charge < -0.3 is 15.7 Å². The first-order valence-corrected chi connectivity index (χ1v) is 7.63. The van der Waals surface area contributed by atoms with Gasteiger partial charge in [-0.15, -0.1) is 0 Å². The highest BCUT2D eigenvalue weighted by Gasteiger charge is 2.12. The van der Waals surface area contributed by atoms with Gasteiger partial charge in [0.05, 0.1) is 12.6 Å². The Kier molecular flexibility index (Phi) is 5.81. The average Bonchev–Trinajstić information content (AvgIpc) is 2.97. The van der Waals surface area contributed by atoms with Crippen LogP contribution in [0.1, 0.15) is 37.0 Å². The Morgan fingerprint density at radius 1 is 1.38 bits per heavy atom. The molecule has 1 atom stereocenters. The first kappa shape index (κ1) is 15.6. The quantitative estimate of drug-likeness (QED) is 0.442. The number of hydrogen-bond acceptors (Lipinski definition) is 2. The average molecular weight is 287 g/mol. The van der Waals surface area contributed by atoms with Crippen molar-refractivity contribution < 1.29 is 5.11 Å². The molecule has 21 heavy (non-hydrogen) atoms. The number of benzene rings is 1. The Bertz CT molecular complexity index is 503. The van der Waals surface area contributed by atoms with Crippen LogP contribution in [0.25, 0.3) is 0 Å². The van der Waals surface area contributed by atoms with E-state index in [1.807, 2.05) is 38.1 Å². The van der Waals surface area contributed by atoms with Crippen LogP contribution in [0.5, 0.6) is 0 Å². The van der Waals surface area contributed by atoms with Crippen LogP contribution in [0.3, 0.4) is 0 Å². The normalized spacial score (nSPS) is 17.0. The smallest absolute Gasteiger partial charge is 0.191 e. The lowest BCUT2D eigenvalue weighted by atomic mass is 10.1. The minimum absolute atomic E-state index is 0.360. The van der Waals surface area contributed by atoms with E-state index in [9.17, 15) is 5.11 Å². The van der Waals surface area contributed by atoms with Crippen molar-refractivity contribution in [2.45, 2.75) is 38.8 Å². The summed E-state index contributed by atoms with van der Waals surface area (Å²) in [7, 11) is 0. The molecular formula is C17H25N3O. The molecule has 114 valence electrons. The van der Waals surface area contributed by atoms with Crippen molar-refractivity contribution in [2.24, 2.45) is 4.99 Å². The van der Waals surface area contributed by atoms with Crippen molar-refractivity contribution in [3.8, 4) is 0 Å². The van der Waals surface area contributed by atoms with Crippen LogP contribution in [0.4, 0.5) is 0 Å². The van der Waals surface area contributed by atoms with E-state index in [4.69, 9.17) is 0 Å². The molecule has 0 amide bonds. The summed E-state index contributed by atoms with van der Waals surface area (Å²) in [5.41, 5.74) is 2.06. The summed E-state index contributed by atoms with van der Waals surface area (Å²) in [5.74, 6) is 0.776. The molecule has 3 N–H and O–H groups in total. The molecule has 1 aliphatic carbocycles. The summed E-state index contributed by atoms with van der Waals surface area (Å²) in [6.45, 7) is 5.24. The van der Waals surface area contributed by atoms with Gasteiger partial charge in [-0.25, -0.2) is 0 Å². The number of aryl methyl sites for hydroxylation is 1. The molecule has 4 heteroatoms. The van der Waals surface area contributed by atoms with Gasteiger partial charge in [0.2, 0.25) is 0 Å². The van der Waals surface area contributed by atoms with Gasteiger partial charge in [-0.05, 0) is 32.3 Å². The fraction of sp³-hybridized carbons (Fsp3) is 0.471. The van der Waals surface area contributed by atoms with Crippen molar-refractivity contribution in [3.05, 3.63) is 47.5 Å². The second kappa shape index (κ2) is 7.84. The van der Waals surface area contributed by atoms with Crippen LogP contribution in [0.2, 0.25) is 0 Å². The van der Waals surface area contributed by atoms with Gasteiger partial charge in [0, 0.05) is 12.6 Å². The number of hydrogen-bond donors (Lipinski definition) is 3. The summed E-state index contributed by atoms with van der Waals surface area (Å²) in [6.07, 6.45) is 5.86. The van der Waals surface area contributed by atoms with Crippen molar-refractivity contribution in [2.75, 3.05) is 13.1 Å². The van der Waals surface area contributed by atoms with E-state index < -0.39 is 6.10 Å². The SMILES string of the molecule is CCNC(=NCC(O)c1cccc(C)c1)NC1CC=CC1. The molecular weight excluding hydrogens is 262 g/mol. The summed E-state index contributed by atoms with van der Waals surface area (Å²) >= 11 is 0. The van der Waals surface area contributed by atoms with E-state index in [2.05, 4.69) is 27.8 Å². The minimum Gasteiger partial charge on any atom is -0.386 e. The predicted molar refractivity (Wildman–Crippen MR) is 87.4 cm³/mol. The van der Waals surface area contributed by atoms with E-state index in [-0.39, 0.29) is 0 Å². The zero-order chi connectivity index (χ0) is 15.1. The highest BCUT2D eigenvalue weighted by atomic mass is 16.3. The lowest BCUT2D eigenvalue weighted by molar-refractivity contribution is 0.187. The van der Waals surface area contributed by atoms with Gasteiger partial charge in [0.15, 0.2) is 5.96 Å². The second-order valence-electron chi connectivity index (χ2n) is 5.43. The Balaban J connectivity index is 1.94. The zero-order valence-corrected chi connectivity index (χ0v) is 12.8. The van der Waals surface area contributed by atoms with Crippen LogP contribution < -0.4 is 10.6 Å². The Morgan fingerprint density at radius 3 is 2.81 bits per heavy atom. The number of rotatable bonds is 5. The molecule has 0 heterocycles. The minimum atomic E-state index is -0.568. The highest BCUT2D eigenvalue weighted by Crippen LogP contribution is 2.14. The van der Waals surface area contributed by atoms with Crippen molar-refractivity contribution in [3.63, 3.8) is 0 Å². The topological polar surface area (TPSA) is 56.7 Å². The van der Waals surface area contributed by atoms with Crippen molar-refractivity contribution in [1.82, 2.24) is 10.6 Å². The molecule has 0 aliphatic heterocycles. The molecule has 0 aromatic heterocycles. The zero-order valence-electron chi connectivity index (χ0n) is 12.8. The lowest BCUT2D eigenvalue weighted by Crippen LogP contribution is -2.42. The number of nitrogens with one attached hydrogen (secondary N) is 2. The van der Waals surface area contributed by atoms with Crippen molar-refractivity contribution >= 4 is 5.96 Å². The number of aliphatic hydroxyl groups excluding tert-OH is 1. The van der Waals surface area contributed by atoms with Crippen LogP contribution in [-0.2, 0) is 0 Å². The molecule has 1 aromatic rings. The Labute approximate surface area is 127 Å². The van der Waals surface area contributed by atoms with Crippen LogP contribution >= 0.6 is 0 Å². The highest BCUT2D eigenvalue weighted by molar-refractivity contribution is 5.80. The van der Waals surface area contributed by atoms with Gasteiger partial charge in [-0.3, -0.25) is 4.99 Å². The number of nitrogens with zero attached hydrogens (tertiary/aromatic N) is 1. The van der Waals surface area contributed by atoms with E-state index in [0.717, 1.165) is 36.5 Å². The summed E-state index contributed by atoms with van der Waals surface area (Å²) < 4.78 is 0. The fourth-order valence-electron chi connectivity index (χ4n) is 2.41. The summed E-state index contributed by atoms with van der Waals surface area (Å²) in [5, 5.41) is 16.9. The third kappa shape index (κ3) is 4.90. The van der Waals surface area contributed by atoms with Gasteiger partial charge in [-0.2, -0.15) is 0 Å². The van der Waals surface area contributed by atoms with Crippen molar-refractivity contribution in [1.29, 1.82) is 0 Å². The molecule has 1 aliphatic rings. The van der Waals surface area contributed by atoms with E-state index in [0.29, 0.717) is 12.6 Å². The molecule has 0 radical (unpaired) electrons. The van der Waals surface area contributed by atoms with E-state index in [1.54, 1.807) is 0 Å². The third-order valence-electron chi connectivity index (χ3n) is 3.54. The predicted octanol–water partition coefficient (Wildman–Crippen LogP) is 2.30. The van der Waals surface area contributed by atoms with Crippen LogP contribution in [0, 0.1) is 6.92 Å². The molecule has 4 nitrogen and oxygen atoms in total.